The fourth-order valence-electron chi connectivity index (χ4n) is 2.07. The molecule has 108 valence electrons. The molecule has 2 rings (SSSR count). The van der Waals surface area contributed by atoms with Crippen molar-refractivity contribution in [3.05, 3.63) is 29.6 Å². The quantitative estimate of drug-likeness (QED) is 0.798. The van der Waals surface area contributed by atoms with Gasteiger partial charge in [0.05, 0.1) is 23.0 Å². The molecule has 0 fully saturated rings. The van der Waals surface area contributed by atoms with Gasteiger partial charge < -0.3 is 16.5 Å². The summed E-state index contributed by atoms with van der Waals surface area (Å²) in [5.74, 6) is -0.289. The second-order valence-electron chi connectivity index (χ2n) is 6.32. The molecule has 5 nitrogen and oxygen atoms in total. The summed E-state index contributed by atoms with van der Waals surface area (Å²) in [5, 5.41) is 0. The SMILES string of the molecule is C[C@@H](C(N)=O)[C@H](N)c1nc2ccc(C(C)(C)C)cc2[nH]1. The van der Waals surface area contributed by atoms with Crippen LogP contribution in [-0.2, 0) is 10.2 Å². The Morgan fingerprint density at radius 1 is 1.35 bits per heavy atom. The van der Waals surface area contributed by atoms with E-state index in [1.54, 1.807) is 6.92 Å². The average Bonchev–Trinajstić information content (AvgIpc) is 2.78. The van der Waals surface area contributed by atoms with Gasteiger partial charge in [-0.1, -0.05) is 33.8 Å². The van der Waals surface area contributed by atoms with Crippen LogP contribution in [0.15, 0.2) is 18.2 Å². The molecule has 0 aliphatic rings. The van der Waals surface area contributed by atoms with Crippen molar-refractivity contribution in [3.8, 4) is 0 Å². The molecule has 20 heavy (non-hydrogen) atoms. The molecule has 0 radical (unpaired) electrons. The topological polar surface area (TPSA) is 97.8 Å². The van der Waals surface area contributed by atoms with Crippen LogP contribution in [0.25, 0.3) is 11.0 Å². The Hall–Kier alpha value is -1.88. The molecule has 0 aliphatic heterocycles. The number of nitrogens with one attached hydrogen (secondary N) is 1. The van der Waals surface area contributed by atoms with E-state index in [9.17, 15) is 4.79 Å². The van der Waals surface area contributed by atoms with E-state index in [4.69, 9.17) is 11.5 Å². The van der Waals surface area contributed by atoms with E-state index in [2.05, 4.69) is 42.9 Å². The Bertz CT molecular complexity index is 639. The summed E-state index contributed by atoms with van der Waals surface area (Å²) in [7, 11) is 0. The molecule has 5 N–H and O–H groups in total. The lowest BCUT2D eigenvalue weighted by Gasteiger charge is -2.18. The molecular weight excluding hydrogens is 252 g/mol. The molecular formula is C15H22N4O. The van der Waals surface area contributed by atoms with Crippen molar-refractivity contribution < 1.29 is 4.79 Å². The van der Waals surface area contributed by atoms with Gasteiger partial charge in [-0.15, -0.1) is 0 Å². The zero-order chi connectivity index (χ0) is 15.1. The molecule has 0 bridgehead atoms. The zero-order valence-electron chi connectivity index (χ0n) is 12.4. The maximum Gasteiger partial charge on any atom is 0.222 e. The number of carbonyl (C=O) groups excluding carboxylic acids is 1. The van der Waals surface area contributed by atoms with Gasteiger partial charge >= 0.3 is 0 Å². The molecule has 0 unspecified atom stereocenters. The number of amides is 1. The van der Waals surface area contributed by atoms with Crippen molar-refractivity contribution in [1.82, 2.24) is 9.97 Å². The number of aromatic nitrogens is 2. The minimum atomic E-state index is -0.516. The largest absolute Gasteiger partial charge is 0.369 e. The van der Waals surface area contributed by atoms with Gasteiger partial charge in [0.15, 0.2) is 0 Å². The summed E-state index contributed by atoms with van der Waals surface area (Å²) in [6, 6.07) is 5.60. The van der Waals surface area contributed by atoms with Crippen LogP contribution in [0.1, 0.15) is 45.1 Å². The van der Waals surface area contributed by atoms with Crippen LogP contribution in [0.4, 0.5) is 0 Å². The number of nitrogens with two attached hydrogens (primary N) is 2. The predicted octanol–water partition coefficient (Wildman–Crippen LogP) is 1.98. The maximum absolute atomic E-state index is 11.2. The van der Waals surface area contributed by atoms with E-state index in [0.717, 1.165) is 11.0 Å². The predicted molar refractivity (Wildman–Crippen MR) is 80.1 cm³/mol. The third-order valence-electron chi connectivity index (χ3n) is 3.67. The molecule has 0 aliphatic carbocycles. The summed E-state index contributed by atoms with van der Waals surface area (Å²) < 4.78 is 0. The molecule has 2 atom stereocenters. The Labute approximate surface area is 118 Å². The smallest absolute Gasteiger partial charge is 0.222 e. The van der Waals surface area contributed by atoms with Crippen molar-refractivity contribution in [1.29, 1.82) is 0 Å². The lowest BCUT2D eigenvalue weighted by molar-refractivity contribution is -0.121. The number of primary amides is 1. The van der Waals surface area contributed by atoms with E-state index < -0.39 is 17.9 Å². The molecule has 0 saturated heterocycles. The van der Waals surface area contributed by atoms with Crippen LogP contribution in [0.3, 0.4) is 0 Å². The molecule has 2 aromatic rings. The number of nitrogens with zero attached hydrogens (tertiary/aromatic N) is 1. The molecule has 1 heterocycles. The molecule has 0 saturated carbocycles. The fraction of sp³-hybridized carbons (Fsp3) is 0.467. The van der Waals surface area contributed by atoms with E-state index in [1.165, 1.54) is 5.56 Å². The van der Waals surface area contributed by atoms with E-state index in [-0.39, 0.29) is 5.41 Å². The minimum Gasteiger partial charge on any atom is -0.369 e. The lowest BCUT2D eigenvalue weighted by Crippen LogP contribution is -2.31. The van der Waals surface area contributed by atoms with E-state index >= 15 is 0 Å². The number of hydrogen-bond acceptors (Lipinski definition) is 3. The highest BCUT2D eigenvalue weighted by Gasteiger charge is 2.23. The normalized spacial score (nSPS) is 15.2. The van der Waals surface area contributed by atoms with Gasteiger partial charge in [-0.05, 0) is 23.1 Å². The van der Waals surface area contributed by atoms with Crippen LogP contribution < -0.4 is 11.5 Å². The zero-order valence-corrected chi connectivity index (χ0v) is 12.4. The summed E-state index contributed by atoms with van der Waals surface area (Å²) >= 11 is 0. The number of aromatic amines is 1. The maximum atomic E-state index is 11.2. The van der Waals surface area contributed by atoms with Gasteiger partial charge in [0.1, 0.15) is 5.82 Å². The molecule has 0 spiro atoms. The summed E-state index contributed by atoms with van der Waals surface area (Å²) in [5.41, 5.74) is 14.4. The van der Waals surface area contributed by atoms with Crippen LogP contribution in [-0.4, -0.2) is 15.9 Å². The number of carbonyl (C=O) groups is 1. The van der Waals surface area contributed by atoms with Gasteiger partial charge in [-0.3, -0.25) is 4.79 Å². The third-order valence-corrected chi connectivity index (χ3v) is 3.67. The van der Waals surface area contributed by atoms with Crippen LogP contribution in [0.5, 0.6) is 0 Å². The summed E-state index contributed by atoms with van der Waals surface area (Å²) in [6.45, 7) is 8.19. The number of H-pyrrole nitrogens is 1. The number of rotatable bonds is 3. The Morgan fingerprint density at radius 3 is 2.55 bits per heavy atom. The van der Waals surface area contributed by atoms with Crippen LogP contribution in [0.2, 0.25) is 0 Å². The highest BCUT2D eigenvalue weighted by Crippen LogP contribution is 2.26. The third kappa shape index (κ3) is 2.67. The highest BCUT2D eigenvalue weighted by atomic mass is 16.1. The number of hydrogen-bond donors (Lipinski definition) is 3. The fourth-order valence-corrected chi connectivity index (χ4v) is 2.07. The van der Waals surface area contributed by atoms with Crippen LogP contribution in [0, 0.1) is 5.92 Å². The van der Waals surface area contributed by atoms with E-state index in [1.807, 2.05) is 6.07 Å². The number of fused-ring (bicyclic) bond motifs is 1. The Morgan fingerprint density at radius 2 is 2.00 bits per heavy atom. The van der Waals surface area contributed by atoms with Gasteiger partial charge in [0.2, 0.25) is 5.91 Å². The Kier molecular flexibility index (Phi) is 3.56. The van der Waals surface area contributed by atoms with Gasteiger partial charge in [-0.25, -0.2) is 4.98 Å². The minimum absolute atomic E-state index is 0.0715. The first-order valence-corrected chi connectivity index (χ1v) is 6.75. The summed E-state index contributed by atoms with van der Waals surface area (Å²) in [6.07, 6.45) is 0. The van der Waals surface area contributed by atoms with Gasteiger partial charge in [0, 0.05) is 0 Å². The van der Waals surface area contributed by atoms with Crippen molar-refractivity contribution in [3.63, 3.8) is 0 Å². The van der Waals surface area contributed by atoms with Crippen molar-refractivity contribution in [2.75, 3.05) is 0 Å². The highest BCUT2D eigenvalue weighted by molar-refractivity contribution is 5.78. The Balaban J connectivity index is 2.41. The molecule has 1 amide bonds. The van der Waals surface area contributed by atoms with Gasteiger partial charge in [0.25, 0.3) is 0 Å². The molecule has 1 aromatic carbocycles. The monoisotopic (exact) mass is 274 g/mol. The lowest BCUT2D eigenvalue weighted by atomic mass is 9.87. The van der Waals surface area contributed by atoms with Gasteiger partial charge in [-0.2, -0.15) is 0 Å². The molecule has 5 heteroatoms. The first-order valence-electron chi connectivity index (χ1n) is 6.75. The van der Waals surface area contributed by atoms with Crippen molar-refractivity contribution >= 4 is 16.9 Å². The standard InChI is InChI=1S/C15H22N4O/c1-8(13(17)20)12(16)14-18-10-6-5-9(15(2,3)4)7-11(10)19-14/h5-8,12H,16H2,1-4H3,(H2,17,20)(H,18,19)/t8-,12+/m1/s1. The first kappa shape index (κ1) is 14.5. The number of imidazole rings is 1. The van der Waals surface area contributed by atoms with E-state index in [0.29, 0.717) is 5.82 Å². The average molecular weight is 274 g/mol. The first-order chi connectivity index (χ1) is 9.20. The molecule has 1 aromatic heterocycles. The van der Waals surface area contributed by atoms with Crippen LogP contribution >= 0.6 is 0 Å². The van der Waals surface area contributed by atoms with Crippen molar-refractivity contribution in [2.45, 2.75) is 39.2 Å². The second kappa shape index (κ2) is 4.90. The number of benzene rings is 1. The summed E-state index contributed by atoms with van der Waals surface area (Å²) in [4.78, 5) is 18.9. The second-order valence-corrected chi connectivity index (χ2v) is 6.32. The van der Waals surface area contributed by atoms with Crippen molar-refractivity contribution in [2.24, 2.45) is 17.4 Å².